The largest absolute Gasteiger partial charge is 0.388 e. The molecule has 0 saturated carbocycles. The summed E-state index contributed by atoms with van der Waals surface area (Å²) in [7, 11) is 0. The van der Waals surface area contributed by atoms with Crippen LogP contribution in [0, 0.1) is 12.7 Å². The molecule has 0 spiro atoms. The Morgan fingerprint density at radius 2 is 1.89 bits per heavy atom. The van der Waals surface area contributed by atoms with E-state index in [1.165, 1.54) is 12.1 Å². The molecule has 2 aromatic carbocycles. The van der Waals surface area contributed by atoms with Crippen molar-refractivity contribution in [3.63, 3.8) is 0 Å². The molecule has 0 amide bonds. The summed E-state index contributed by atoms with van der Waals surface area (Å²) >= 11 is 4.96. The van der Waals surface area contributed by atoms with E-state index in [0.29, 0.717) is 5.75 Å². The van der Waals surface area contributed by atoms with Gasteiger partial charge in [-0.05, 0) is 54.4 Å². The molecule has 1 nitrogen and oxygen atoms in total. The molecule has 19 heavy (non-hydrogen) atoms. The first-order valence-electron chi connectivity index (χ1n) is 5.89. The fraction of sp³-hybridized carbons (Fsp3) is 0.200. The summed E-state index contributed by atoms with van der Waals surface area (Å²) in [6.45, 7) is 1.81. The predicted molar refractivity (Wildman–Crippen MR) is 81.0 cm³/mol. The number of aryl methyl sites for hydroxylation is 1. The monoisotopic (exact) mass is 340 g/mol. The summed E-state index contributed by atoms with van der Waals surface area (Å²) in [6.07, 6.45) is -0.589. The van der Waals surface area contributed by atoms with Gasteiger partial charge in [-0.2, -0.15) is 0 Å². The number of hydrogen-bond donors (Lipinski definition) is 1. The maximum Gasteiger partial charge on any atom is 0.123 e. The van der Waals surface area contributed by atoms with Gasteiger partial charge in [-0.1, -0.05) is 22.0 Å². The molecule has 0 radical (unpaired) electrons. The summed E-state index contributed by atoms with van der Waals surface area (Å²) in [5.74, 6) is 0.280. The molecule has 100 valence electrons. The third kappa shape index (κ3) is 4.06. The van der Waals surface area contributed by atoms with Gasteiger partial charge in [0.05, 0.1) is 6.10 Å². The van der Waals surface area contributed by atoms with Gasteiger partial charge in [0.2, 0.25) is 0 Å². The first kappa shape index (κ1) is 14.6. The Morgan fingerprint density at radius 1 is 1.21 bits per heavy atom. The number of aliphatic hydroxyl groups excluding tert-OH is 1. The lowest BCUT2D eigenvalue weighted by Gasteiger charge is -2.13. The maximum atomic E-state index is 13.0. The number of thioether (sulfide) groups is 1. The van der Waals surface area contributed by atoms with Crippen LogP contribution in [0.5, 0.6) is 0 Å². The van der Waals surface area contributed by atoms with Crippen molar-refractivity contribution in [2.75, 3.05) is 5.75 Å². The van der Waals surface area contributed by atoms with Crippen molar-refractivity contribution >= 4 is 27.7 Å². The fourth-order valence-corrected chi connectivity index (χ4v) is 2.93. The van der Waals surface area contributed by atoms with Gasteiger partial charge in [0.1, 0.15) is 5.82 Å². The van der Waals surface area contributed by atoms with Crippen LogP contribution in [0.25, 0.3) is 0 Å². The second-order valence-corrected chi connectivity index (χ2v) is 6.29. The van der Waals surface area contributed by atoms with Crippen LogP contribution in [-0.2, 0) is 0 Å². The molecule has 1 atom stereocenters. The Morgan fingerprint density at radius 3 is 2.53 bits per heavy atom. The number of rotatable bonds is 4. The van der Waals surface area contributed by atoms with Crippen molar-refractivity contribution in [2.24, 2.45) is 0 Å². The minimum Gasteiger partial charge on any atom is -0.388 e. The molecular weight excluding hydrogens is 327 g/mol. The lowest BCUT2D eigenvalue weighted by atomic mass is 10.0. The highest BCUT2D eigenvalue weighted by atomic mass is 79.9. The Labute approximate surface area is 125 Å². The zero-order valence-corrected chi connectivity index (χ0v) is 12.8. The van der Waals surface area contributed by atoms with Crippen LogP contribution in [0.2, 0.25) is 0 Å². The molecule has 0 aromatic heterocycles. The molecule has 2 rings (SSSR count). The molecule has 0 bridgehead atoms. The fourth-order valence-electron chi connectivity index (χ4n) is 1.81. The third-order valence-corrected chi connectivity index (χ3v) is 4.43. The highest BCUT2D eigenvalue weighted by Gasteiger charge is 2.11. The second-order valence-electron chi connectivity index (χ2n) is 4.28. The van der Waals surface area contributed by atoms with Gasteiger partial charge in [0, 0.05) is 15.1 Å². The second kappa shape index (κ2) is 6.55. The molecule has 0 aliphatic rings. The average molecular weight is 341 g/mol. The molecule has 0 saturated heterocycles. The zero-order valence-electron chi connectivity index (χ0n) is 10.4. The van der Waals surface area contributed by atoms with Gasteiger partial charge in [-0.25, -0.2) is 4.39 Å². The van der Waals surface area contributed by atoms with E-state index in [2.05, 4.69) is 15.9 Å². The standard InChI is InChI=1S/C15H14BrFOS/c1-10-8-12(17)4-7-14(10)15(18)9-19-13-5-2-11(16)3-6-13/h2-8,15,18H,9H2,1H3. The average Bonchev–Trinajstić information content (AvgIpc) is 2.37. The molecule has 1 N–H and O–H groups in total. The van der Waals surface area contributed by atoms with E-state index in [0.717, 1.165) is 20.5 Å². The predicted octanol–water partition coefficient (Wildman–Crippen LogP) is 4.72. The van der Waals surface area contributed by atoms with Crippen LogP contribution in [0.3, 0.4) is 0 Å². The zero-order chi connectivity index (χ0) is 13.8. The molecule has 0 fully saturated rings. The van der Waals surface area contributed by atoms with Crippen LogP contribution in [0.1, 0.15) is 17.2 Å². The third-order valence-electron chi connectivity index (χ3n) is 2.81. The first-order chi connectivity index (χ1) is 9.06. The molecular formula is C15H14BrFOS. The number of halogens is 2. The van der Waals surface area contributed by atoms with E-state index in [1.54, 1.807) is 17.8 Å². The molecule has 0 aliphatic carbocycles. The molecule has 0 aliphatic heterocycles. The van der Waals surface area contributed by atoms with Gasteiger partial charge in [-0.3, -0.25) is 0 Å². The SMILES string of the molecule is Cc1cc(F)ccc1C(O)CSc1ccc(Br)cc1. The maximum absolute atomic E-state index is 13.0. The summed E-state index contributed by atoms with van der Waals surface area (Å²) in [5.41, 5.74) is 1.56. The number of hydrogen-bond acceptors (Lipinski definition) is 2. The normalized spacial score (nSPS) is 12.4. The van der Waals surface area contributed by atoms with Crippen LogP contribution < -0.4 is 0 Å². The number of aliphatic hydroxyl groups is 1. The van der Waals surface area contributed by atoms with Crippen LogP contribution in [-0.4, -0.2) is 10.9 Å². The lowest BCUT2D eigenvalue weighted by Crippen LogP contribution is -2.03. The highest BCUT2D eigenvalue weighted by Crippen LogP contribution is 2.27. The Hall–Kier alpha value is -0.840. The Kier molecular flexibility index (Phi) is 5.02. The van der Waals surface area contributed by atoms with E-state index < -0.39 is 6.10 Å². The van der Waals surface area contributed by atoms with E-state index >= 15 is 0 Å². The first-order valence-corrected chi connectivity index (χ1v) is 7.66. The van der Waals surface area contributed by atoms with Gasteiger partial charge in [0.15, 0.2) is 0 Å². The highest BCUT2D eigenvalue weighted by molar-refractivity contribution is 9.10. The Bertz CT molecular complexity index is 557. The number of benzene rings is 2. The van der Waals surface area contributed by atoms with Gasteiger partial charge >= 0.3 is 0 Å². The van der Waals surface area contributed by atoms with Crippen LogP contribution in [0.15, 0.2) is 51.8 Å². The van der Waals surface area contributed by atoms with E-state index in [9.17, 15) is 9.50 Å². The van der Waals surface area contributed by atoms with E-state index in [-0.39, 0.29) is 5.82 Å². The molecule has 0 heterocycles. The Balaban J connectivity index is 2.01. The van der Waals surface area contributed by atoms with E-state index in [4.69, 9.17) is 0 Å². The van der Waals surface area contributed by atoms with E-state index in [1.807, 2.05) is 31.2 Å². The summed E-state index contributed by atoms with van der Waals surface area (Å²) in [5, 5.41) is 10.2. The van der Waals surface area contributed by atoms with Crippen molar-refractivity contribution in [3.8, 4) is 0 Å². The van der Waals surface area contributed by atoms with Crippen molar-refractivity contribution < 1.29 is 9.50 Å². The quantitative estimate of drug-likeness (QED) is 0.812. The lowest BCUT2D eigenvalue weighted by molar-refractivity contribution is 0.203. The van der Waals surface area contributed by atoms with Gasteiger partial charge in [0.25, 0.3) is 0 Å². The summed E-state index contributed by atoms with van der Waals surface area (Å²) in [6, 6.07) is 12.4. The van der Waals surface area contributed by atoms with Crippen molar-refractivity contribution in [1.29, 1.82) is 0 Å². The van der Waals surface area contributed by atoms with Crippen molar-refractivity contribution in [3.05, 3.63) is 63.9 Å². The van der Waals surface area contributed by atoms with Gasteiger partial charge in [-0.15, -0.1) is 11.8 Å². The molecule has 4 heteroatoms. The van der Waals surface area contributed by atoms with Crippen molar-refractivity contribution in [2.45, 2.75) is 17.9 Å². The van der Waals surface area contributed by atoms with Crippen LogP contribution >= 0.6 is 27.7 Å². The minimum atomic E-state index is -0.589. The van der Waals surface area contributed by atoms with Crippen molar-refractivity contribution in [1.82, 2.24) is 0 Å². The molecule has 2 aromatic rings. The topological polar surface area (TPSA) is 20.2 Å². The summed E-state index contributed by atoms with van der Waals surface area (Å²) in [4.78, 5) is 1.10. The van der Waals surface area contributed by atoms with Gasteiger partial charge < -0.3 is 5.11 Å². The smallest absolute Gasteiger partial charge is 0.123 e. The minimum absolute atomic E-state index is 0.269. The summed E-state index contributed by atoms with van der Waals surface area (Å²) < 4.78 is 14.0. The van der Waals surface area contributed by atoms with Crippen LogP contribution in [0.4, 0.5) is 4.39 Å². The molecule has 1 unspecified atom stereocenters.